The third-order valence-electron chi connectivity index (χ3n) is 3.97. The summed E-state index contributed by atoms with van der Waals surface area (Å²) in [6, 6.07) is 8.22. The Morgan fingerprint density at radius 1 is 1.13 bits per heavy atom. The van der Waals surface area contributed by atoms with Gasteiger partial charge in [0.2, 0.25) is 0 Å². The molecule has 1 aliphatic heterocycles. The highest BCUT2D eigenvalue weighted by Gasteiger charge is 2.27. The van der Waals surface area contributed by atoms with Gasteiger partial charge >= 0.3 is 6.09 Å². The van der Waals surface area contributed by atoms with Crippen LogP contribution in [0.5, 0.6) is 0 Å². The lowest BCUT2D eigenvalue weighted by Crippen LogP contribution is -2.50. The Morgan fingerprint density at radius 2 is 1.78 bits per heavy atom. The number of hydrogen-bond acceptors (Lipinski definition) is 4. The summed E-state index contributed by atoms with van der Waals surface area (Å²) in [5, 5.41) is 5.80. The summed E-state index contributed by atoms with van der Waals surface area (Å²) < 4.78 is 7.35. The summed E-state index contributed by atoms with van der Waals surface area (Å²) in [4.78, 5) is 16.1. The van der Waals surface area contributed by atoms with Gasteiger partial charge in [-0.2, -0.15) is 5.10 Å². The zero-order valence-electron chi connectivity index (χ0n) is 14.2. The smallest absolute Gasteiger partial charge is 0.410 e. The van der Waals surface area contributed by atoms with Crippen molar-refractivity contribution < 1.29 is 9.53 Å². The van der Waals surface area contributed by atoms with E-state index in [9.17, 15) is 4.79 Å². The number of nitrogens with zero attached hydrogens (tertiary/aromatic N) is 4. The first-order chi connectivity index (χ1) is 10.8. The molecule has 0 unspecified atom stereocenters. The van der Waals surface area contributed by atoms with Crippen molar-refractivity contribution in [2.75, 3.05) is 31.1 Å². The number of anilines is 1. The number of aryl methyl sites for hydroxylation is 1. The van der Waals surface area contributed by atoms with Crippen LogP contribution in [0.15, 0.2) is 24.3 Å². The van der Waals surface area contributed by atoms with Crippen molar-refractivity contribution in [1.82, 2.24) is 14.7 Å². The second-order valence-electron chi connectivity index (χ2n) is 6.92. The third-order valence-corrected chi connectivity index (χ3v) is 3.97. The van der Waals surface area contributed by atoms with Crippen LogP contribution in [0.25, 0.3) is 10.9 Å². The number of para-hydroxylation sites is 1. The minimum absolute atomic E-state index is 0.233. The van der Waals surface area contributed by atoms with Crippen LogP contribution >= 0.6 is 0 Å². The molecule has 1 fully saturated rings. The van der Waals surface area contributed by atoms with Gasteiger partial charge in [-0.1, -0.05) is 12.1 Å². The van der Waals surface area contributed by atoms with Crippen LogP contribution in [-0.2, 0) is 11.8 Å². The molecular formula is C17H24N4O2. The molecule has 0 N–H and O–H groups in total. The molecule has 1 aromatic heterocycles. The molecule has 2 aromatic rings. The lowest BCUT2D eigenvalue weighted by Gasteiger charge is -2.35. The van der Waals surface area contributed by atoms with E-state index in [2.05, 4.69) is 22.1 Å². The number of rotatable bonds is 1. The van der Waals surface area contributed by atoms with E-state index in [4.69, 9.17) is 4.74 Å². The number of carbonyl (C=O) groups excluding carboxylic acids is 1. The van der Waals surface area contributed by atoms with Crippen LogP contribution in [0.3, 0.4) is 0 Å². The van der Waals surface area contributed by atoms with Crippen LogP contribution in [0, 0.1) is 0 Å². The molecule has 0 aliphatic carbocycles. The van der Waals surface area contributed by atoms with Crippen LogP contribution in [0.4, 0.5) is 10.6 Å². The van der Waals surface area contributed by atoms with Crippen molar-refractivity contribution >= 4 is 22.8 Å². The molecule has 0 saturated carbocycles. The molecule has 2 heterocycles. The highest BCUT2D eigenvalue weighted by molar-refractivity contribution is 5.90. The fourth-order valence-corrected chi connectivity index (χ4v) is 2.86. The van der Waals surface area contributed by atoms with Gasteiger partial charge in [-0.05, 0) is 32.9 Å². The first-order valence-electron chi connectivity index (χ1n) is 8.00. The molecular weight excluding hydrogens is 292 g/mol. The van der Waals surface area contributed by atoms with E-state index in [1.807, 2.05) is 44.6 Å². The molecule has 124 valence electrons. The summed E-state index contributed by atoms with van der Waals surface area (Å²) >= 11 is 0. The Bertz CT molecular complexity index is 709. The molecule has 3 rings (SSSR count). The summed E-state index contributed by atoms with van der Waals surface area (Å²) in [7, 11) is 1.96. The van der Waals surface area contributed by atoms with E-state index in [0.29, 0.717) is 13.1 Å². The van der Waals surface area contributed by atoms with E-state index in [-0.39, 0.29) is 6.09 Å². The SMILES string of the molecule is Cn1nc(N2CCN(C(=O)OC(C)(C)C)CC2)c2ccccc21. The van der Waals surface area contributed by atoms with Crippen molar-refractivity contribution in [3.05, 3.63) is 24.3 Å². The Balaban J connectivity index is 1.70. The summed E-state index contributed by atoms with van der Waals surface area (Å²) in [5.74, 6) is 0.993. The molecule has 1 aromatic carbocycles. The first-order valence-corrected chi connectivity index (χ1v) is 8.00. The minimum atomic E-state index is -0.453. The monoisotopic (exact) mass is 316 g/mol. The van der Waals surface area contributed by atoms with Crippen molar-refractivity contribution in [3.8, 4) is 0 Å². The van der Waals surface area contributed by atoms with E-state index in [1.54, 1.807) is 4.90 Å². The van der Waals surface area contributed by atoms with Gasteiger partial charge in [0.15, 0.2) is 5.82 Å². The molecule has 1 aliphatic rings. The van der Waals surface area contributed by atoms with Gasteiger partial charge in [0.1, 0.15) is 5.60 Å². The van der Waals surface area contributed by atoms with Gasteiger partial charge in [0, 0.05) is 38.6 Å². The average molecular weight is 316 g/mol. The summed E-state index contributed by atoms with van der Waals surface area (Å²) in [6.07, 6.45) is -0.233. The largest absolute Gasteiger partial charge is 0.444 e. The van der Waals surface area contributed by atoms with Gasteiger partial charge in [0.05, 0.1) is 5.52 Å². The first kappa shape index (κ1) is 15.6. The lowest BCUT2D eigenvalue weighted by molar-refractivity contribution is 0.0240. The Labute approximate surface area is 136 Å². The standard InChI is InChI=1S/C17H24N4O2/c1-17(2,3)23-16(22)21-11-9-20(10-12-21)15-13-7-5-6-8-14(13)19(4)18-15/h5-8H,9-12H2,1-4H3. The van der Waals surface area contributed by atoms with E-state index >= 15 is 0 Å². The van der Waals surface area contributed by atoms with E-state index in [1.165, 1.54) is 0 Å². The van der Waals surface area contributed by atoms with Crippen molar-refractivity contribution in [1.29, 1.82) is 0 Å². The number of carbonyl (C=O) groups is 1. The predicted molar refractivity (Wildman–Crippen MR) is 90.7 cm³/mol. The normalized spacial score (nSPS) is 16.0. The molecule has 1 saturated heterocycles. The zero-order valence-corrected chi connectivity index (χ0v) is 14.2. The van der Waals surface area contributed by atoms with E-state index < -0.39 is 5.60 Å². The van der Waals surface area contributed by atoms with Crippen LogP contribution in [0.1, 0.15) is 20.8 Å². The Hall–Kier alpha value is -2.24. The summed E-state index contributed by atoms with van der Waals surface area (Å²) in [6.45, 7) is 8.50. The number of amides is 1. The molecule has 0 bridgehead atoms. The summed E-state index contributed by atoms with van der Waals surface area (Å²) in [5.41, 5.74) is 0.669. The molecule has 0 radical (unpaired) electrons. The topological polar surface area (TPSA) is 50.6 Å². The lowest BCUT2D eigenvalue weighted by atomic mass is 10.2. The molecule has 0 atom stereocenters. The van der Waals surface area contributed by atoms with Gasteiger partial charge in [0.25, 0.3) is 0 Å². The molecule has 1 amide bonds. The molecule has 23 heavy (non-hydrogen) atoms. The number of hydrogen-bond donors (Lipinski definition) is 0. The average Bonchev–Trinajstić information content (AvgIpc) is 2.83. The maximum absolute atomic E-state index is 12.1. The minimum Gasteiger partial charge on any atom is -0.444 e. The quantitative estimate of drug-likeness (QED) is 0.811. The zero-order chi connectivity index (χ0) is 16.6. The molecule has 6 heteroatoms. The third kappa shape index (κ3) is 3.25. The number of fused-ring (bicyclic) bond motifs is 1. The maximum atomic E-state index is 12.1. The van der Waals surface area contributed by atoms with Gasteiger partial charge in [-0.3, -0.25) is 4.68 Å². The fourth-order valence-electron chi connectivity index (χ4n) is 2.86. The van der Waals surface area contributed by atoms with Crippen LogP contribution in [0.2, 0.25) is 0 Å². The van der Waals surface area contributed by atoms with Gasteiger partial charge < -0.3 is 14.5 Å². The number of aromatic nitrogens is 2. The maximum Gasteiger partial charge on any atom is 0.410 e. The van der Waals surface area contributed by atoms with Gasteiger partial charge in [-0.25, -0.2) is 4.79 Å². The Morgan fingerprint density at radius 3 is 2.43 bits per heavy atom. The number of benzene rings is 1. The van der Waals surface area contributed by atoms with Crippen molar-refractivity contribution in [3.63, 3.8) is 0 Å². The highest BCUT2D eigenvalue weighted by atomic mass is 16.6. The second kappa shape index (κ2) is 5.76. The van der Waals surface area contributed by atoms with Crippen LogP contribution in [-0.4, -0.2) is 52.6 Å². The molecule has 6 nitrogen and oxygen atoms in total. The number of piperazine rings is 1. The number of ether oxygens (including phenoxy) is 1. The van der Waals surface area contributed by atoms with Gasteiger partial charge in [-0.15, -0.1) is 0 Å². The Kier molecular flexibility index (Phi) is 3.92. The van der Waals surface area contributed by atoms with Crippen molar-refractivity contribution in [2.24, 2.45) is 7.05 Å². The van der Waals surface area contributed by atoms with Crippen molar-refractivity contribution in [2.45, 2.75) is 26.4 Å². The second-order valence-corrected chi connectivity index (χ2v) is 6.92. The van der Waals surface area contributed by atoms with E-state index in [0.717, 1.165) is 29.8 Å². The highest BCUT2D eigenvalue weighted by Crippen LogP contribution is 2.26. The molecule has 0 spiro atoms. The predicted octanol–water partition coefficient (Wildman–Crippen LogP) is 2.63. The van der Waals surface area contributed by atoms with Crippen LogP contribution < -0.4 is 4.90 Å². The fraction of sp³-hybridized carbons (Fsp3) is 0.529.